The molecule has 184 valence electrons. The summed E-state index contributed by atoms with van der Waals surface area (Å²) in [5.74, 6) is 0.163. The van der Waals surface area contributed by atoms with E-state index in [0.717, 1.165) is 46.0 Å². The Morgan fingerprint density at radius 1 is 0.972 bits per heavy atom. The lowest BCUT2D eigenvalue weighted by Gasteiger charge is -2.38. The first-order valence-electron chi connectivity index (χ1n) is 12.3. The van der Waals surface area contributed by atoms with E-state index in [1.165, 1.54) is 0 Å². The molecule has 1 aliphatic carbocycles. The van der Waals surface area contributed by atoms with Crippen molar-refractivity contribution in [3.63, 3.8) is 0 Å². The maximum Gasteiger partial charge on any atom is 0.178 e. The number of hydrogen-bond acceptors (Lipinski definition) is 4. The van der Waals surface area contributed by atoms with E-state index in [1.807, 2.05) is 56.6 Å². The summed E-state index contributed by atoms with van der Waals surface area (Å²) in [6, 6.07) is 26.1. The summed E-state index contributed by atoms with van der Waals surface area (Å²) in [6.45, 7) is 4.32. The fourth-order valence-corrected chi connectivity index (χ4v) is 5.51. The normalized spacial score (nSPS) is 18.5. The van der Waals surface area contributed by atoms with E-state index < -0.39 is 0 Å². The first kappa shape index (κ1) is 24.1. The number of ketones is 1. The molecule has 6 heteroatoms. The maximum atomic E-state index is 13.8. The Hall–Kier alpha value is -3.64. The van der Waals surface area contributed by atoms with Gasteiger partial charge in [-0.3, -0.25) is 4.79 Å². The number of benzene rings is 3. The number of fused-ring (bicyclic) bond motifs is 1. The predicted molar refractivity (Wildman–Crippen MR) is 154 cm³/mol. The van der Waals surface area contributed by atoms with Gasteiger partial charge in [-0.1, -0.05) is 56.3 Å². The van der Waals surface area contributed by atoms with E-state index in [1.54, 1.807) is 0 Å². The minimum Gasteiger partial charge on any atom is -0.378 e. The summed E-state index contributed by atoms with van der Waals surface area (Å²) in [6.07, 6.45) is 1.30. The average molecular weight is 497 g/mol. The van der Waals surface area contributed by atoms with E-state index >= 15 is 0 Å². The van der Waals surface area contributed by atoms with Gasteiger partial charge in [-0.15, -0.1) is 0 Å². The number of nitrogens with zero attached hydrogens (tertiary/aromatic N) is 2. The third-order valence-corrected chi connectivity index (χ3v) is 7.17. The second-order valence-corrected chi connectivity index (χ2v) is 10.9. The van der Waals surface area contributed by atoms with Gasteiger partial charge in [0.15, 0.2) is 10.9 Å². The molecule has 0 fully saturated rings. The molecule has 1 aliphatic heterocycles. The van der Waals surface area contributed by atoms with Crippen molar-refractivity contribution in [3.8, 4) is 0 Å². The van der Waals surface area contributed by atoms with Gasteiger partial charge in [-0.25, -0.2) is 0 Å². The average Bonchev–Trinajstić information content (AvgIpc) is 2.98. The highest BCUT2D eigenvalue weighted by atomic mass is 32.1. The lowest BCUT2D eigenvalue weighted by Crippen LogP contribution is -2.41. The van der Waals surface area contributed by atoms with E-state index in [2.05, 4.69) is 70.7 Å². The van der Waals surface area contributed by atoms with E-state index in [9.17, 15) is 4.79 Å². The Morgan fingerprint density at radius 3 is 2.33 bits per heavy atom. The van der Waals surface area contributed by atoms with Crippen LogP contribution >= 0.6 is 12.2 Å². The van der Waals surface area contributed by atoms with E-state index in [0.29, 0.717) is 11.5 Å². The van der Waals surface area contributed by atoms with Gasteiger partial charge in [0.05, 0.1) is 17.4 Å². The van der Waals surface area contributed by atoms with Gasteiger partial charge in [-0.05, 0) is 66.0 Å². The molecule has 2 N–H and O–H groups in total. The molecule has 36 heavy (non-hydrogen) atoms. The van der Waals surface area contributed by atoms with Crippen LogP contribution in [0.2, 0.25) is 0 Å². The van der Waals surface area contributed by atoms with Crippen LogP contribution < -0.4 is 20.4 Å². The molecule has 0 bridgehead atoms. The molecule has 3 aromatic carbocycles. The molecule has 0 unspecified atom stereocenters. The van der Waals surface area contributed by atoms with Crippen molar-refractivity contribution in [1.82, 2.24) is 0 Å². The van der Waals surface area contributed by atoms with Gasteiger partial charge in [0.25, 0.3) is 0 Å². The summed E-state index contributed by atoms with van der Waals surface area (Å²) in [7, 11) is 4.05. The Bertz CT molecular complexity index is 1330. The molecular formula is C30H32N4OS. The topological polar surface area (TPSA) is 47.6 Å². The number of allylic oxidation sites excluding steroid dienone is 1. The second-order valence-electron chi connectivity index (χ2n) is 10.5. The van der Waals surface area contributed by atoms with Crippen LogP contribution in [0.15, 0.2) is 90.1 Å². The van der Waals surface area contributed by atoms with Crippen LogP contribution in [0.1, 0.15) is 38.3 Å². The van der Waals surface area contributed by atoms with Crippen molar-refractivity contribution in [2.45, 2.75) is 32.7 Å². The largest absolute Gasteiger partial charge is 0.378 e. The fraction of sp³-hybridized carbons (Fsp3) is 0.267. The molecule has 3 aromatic rings. The van der Waals surface area contributed by atoms with Crippen LogP contribution in [0.25, 0.3) is 0 Å². The molecular weight excluding hydrogens is 464 g/mol. The Kier molecular flexibility index (Phi) is 6.31. The number of nitrogens with one attached hydrogen (secondary N) is 2. The van der Waals surface area contributed by atoms with Gasteiger partial charge < -0.3 is 20.4 Å². The summed E-state index contributed by atoms with van der Waals surface area (Å²) in [5, 5.41) is 7.62. The van der Waals surface area contributed by atoms with Gasteiger partial charge >= 0.3 is 0 Å². The summed E-state index contributed by atoms with van der Waals surface area (Å²) in [5.41, 5.74) is 6.58. The Morgan fingerprint density at radius 2 is 1.64 bits per heavy atom. The zero-order chi connectivity index (χ0) is 25.4. The molecule has 0 spiro atoms. The van der Waals surface area contributed by atoms with Crippen LogP contribution in [0.4, 0.5) is 22.7 Å². The van der Waals surface area contributed by atoms with E-state index in [-0.39, 0.29) is 17.2 Å². The SMILES string of the molecule is CN(C)c1ccc([C@@H]2C3=C(CC(C)(C)CC3=O)Nc3ccccc3N2C(=S)Nc2ccccc2)cc1. The first-order valence-corrected chi connectivity index (χ1v) is 12.7. The maximum absolute atomic E-state index is 13.8. The minimum atomic E-state index is -0.361. The Labute approximate surface area is 218 Å². The fourth-order valence-electron chi connectivity index (χ4n) is 5.19. The second kappa shape index (κ2) is 9.43. The lowest BCUT2D eigenvalue weighted by atomic mass is 9.73. The van der Waals surface area contributed by atoms with Gasteiger partial charge in [0, 0.05) is 43.2 Å². The first-order chi connectivity index (χ1) is 17.2. The number of rotatable bonds is 3. The highest BCUT2D eigenvalue weighted by Gasteiger charge is 2.42. The Balaban J connectivity index is 1.71. The molecule has 0 radical (unpaired) electrons. The number of para-hydroxylation sites is 3. The van der Waals surface area contributed by atoms with E-state index in [4.69, 9.17) is 12.2 Å². The molecule has 0 aromatic heterocycles. The standard InChI is InChI=1S/C30H32N4OS/c1-30(2)18-24-27(26(35)19-30)28(20-14-16-22(17-15-20)33(3)4)34(25-13-9-8-12-23(25)32-24)29(36)31-21-10-6-5-7-11-21/h5-17,28,32H,18-19H2,1-4H3,(H,31,36)/t28-/m1/s1. The molecule has 0 saturated carbocycles. The summed E-state index contributed by atoms with van der Waals surface area (Å²) >= 11 is 6.06. The molecule has 1 atom stereocenters. The van der Waals surface area contributed by atoms with Crippen molar-refractivity contribution in [2.75, 3.05) is 34.5 Å². The third-order valence-electron chi connectivity index (χ3n) is 6.87. The molecule has 0 amide bonds. The predicted octanol–water partition coefficient (Wildman–Crippen LogP) is 6.77. The number of carbonyl (C=O) groups is 1. The highest BCUT2D eigenvalue weighted by molar-refractivity contribution is 7.80. The summed E-state index contributed by atoms with van der Waals surface area (Å²) < 4.78 is 0. The van der Waals surface area contributed by atoms with Crippen molar-refractivity contribution in [3.05, 3.63) is 95.7 Å². The number of anilines is 4. The summed E-state index contributed by atoms with van der Waals surface area (Å²) in [4.78, 5) is 18.0. The van der Waals surface area contributed by atoms with Crippen molar-refractivity contribution >= 4 is 45.9 Å². The van der Waals surface area contributed by atoms with Crippen molar-refractivity contribution in [1.29, 1.82) is 0 Å². The van der Waals surface area contributed by atoms with Crippen LogP contribution in [-0.4, -0.2) is 25.0 Å². The van der Waals surface area contributed by atoms with Crippen molar-refractivity contribution in [2.24, 2.45) is 5.41 Å². The molecule has 5 rings (SSSR count). The molecule has 5 nitrogen and oxygen atoms in total. The van der Waals surface area contributed by atoms with Crippen LogP contribution in [0.3, 0.4) is 0 Å². The van der Waals surface area contributed by atoms with Crippen LogP contribution in [0.5, 0.6) is 0 Å². The van der Waals surface area contributed by atoms with Crippen LogP contribution in [0, 0.1) is 5.41 Å². The number of hydrogen-bond donors (Lipinski definition) is 2. The van der Waals surface area contributed by atoms with Gasteiger partial charge in [0.1, 0.15) is 0 Å². The van der Waals surface area contributed by atoms with Gasteiger partial charge in [-0.2, -0.15) is 0 Å². The van der Waals surface area contributed by atoms with Gasteiger partial charge in [0.2, 0.25) is 0 Å². The number of thiocarbonyl (C=S) groups is 1. The minimum absolute atomic E-state index is 0.116. The zero-order valence-electron chi connectivity index (χ0n) is 21.2. The van der Waals surface area contributed by atoms with Crippen molar-refractivity contribution < 1.29 is 4.79 Å². The molecule has 2 aliphatic rings. The number of carbonyl (C=O) groups excluding carboxylic acids is 1. The highest BCUT2D eigenvalue weighted by Crippen LogP contribution is 2.48. The zero-order valence-corrected chi connectivity index (χ0v) is 22.0. The number of Topliss-reactive ketones (excluding diaryl/α,β-unsaturated/α-hetero) is 1. The molecule has 1 heterocycles. The lowest BCUT2D eigenvalue weighted by molar-refractivity contribution is -0.118. The monoisotopic (exact) mass is 496 g/mol. The van der Waals surface area contributed by atoms with Crippen LogP contribution in [-0.2, 0) is 4.79 Å². The smallest absolute Gasteiger partial charge is 0.178 e. The third kappa shape index (κ3) is 4.61. The quantitative estimate of drug-likeness (QED) is 0.391. The molecule has 0 saturated heterocycles.